The summed E-state index contributed by atoms with van der Waals surface area (Å²) in [5.41, 5.74) is 5.76. The average Bonchev–Trinajstić information content (AvgIpc) is 3.86. The maximum atomic E-state index is 13.8. The van der Waals surface area contributed by atoms with Crippen LogP contribution < -0.4 is 19.9 Å². The quantitative estimate of drug-likeness (QED) is 0.272. The molecule has 2 aliphatic carbocycles. The van der Waals surface area contributed by atoms with Crippen molar-refractivity contribution in [2.24, 2.45) is 11.8 Å². The Morgan fingerprint density at radius 2 is 1.66 bits per heavy atom. The number of nitrogens with one attached hydrogen (secondary N) is 1. The Morgan fingerprint density at radius 3 is 2.32 bits per heavy atom. The molecule has 41 heavy (non-hydrogen) atoms. The molecule has 0 radical (unpaired) electrons. The van der Waals surface area contributed by atoms with E-state index in [1.807, 2.05) is 17.9 Å². The molecule has 1 N–H and O–H groups in total. The van der Waals surface area contributed by atoms with Crippen molar-refractivity contribution in [3.63, 3.8) is 0 Å². The lowest BCUT2D eigenvalue weighted by Gasteiger charge is -2.40. The number of benzene rings is 3. The van der Waals surface area contributed by atoms with Crippen LogP contribution in [-0.2, 0) is 4.79 Å². The summed E-state index contributed by atoms with van der Waals surface area (Å²) < 4.78 is 32.5. The van der Waals surface area contributed by atoms with Crippen molar-refractivity contribution in [1.29, 1.82) is 0 Å². The zero-order chi connectivity index (χ0) is 28.7. The van der Waals surface area contributed by atoms with Gasteiger partial charge in [0, 0.05) is 44.4 Å². The molecule has 1 amide bonds. The van der Waals surface area contributed by atoms with Crippen LogP contribution in [0.4, 0.5) is 25.8 Å². The molecule has 0 spiro atoms. The molecule has 3 aromatic carbocycles. The number of ether oxygens (including phenoxy) is 1. The summed E-state index contributed by atoms with van der Waals surface area (Å²) in [6.45, 7) is 6.60. The van der Waals surface area contributed by atoms with Gasteiger partial charge in [-0.3, -0.25) is 4.79 Å². The van der Waals surface area contributed by atoms with E-state index >= 15 is 0 Å². The average molecular weight is 560 g/mol. The number of rotatable bonds is 10. The largest absolute Gasteiger partial charge is 0.431 e. The van der Waals surface area contributed by atoms with E-state index in [1.165, 1.54) is 31.4 Å². The standard InChI is InChI=1S/C34H39F2N3O2/c1-22-17-31(37-30-9-4-5-10-33(30)41-34(3,35)36)29-19-27(15-16-32(29)39(22)23(2)40)26-7-6-8-28(18-26)38(20-24-11-12-24)21-25-13-14-25/h4-10,15-16,18-19,22,24-25,31,37H,11-14,17,20-21H2,1-3H3/t22-,31+/m0/s1. The van der Waals surface area contributed by atoms with Crippen LogP contribution in [0.5, 0.6) is 5.75 Å². The van der Waals surface area contributed by atoms with Gasteiger partial charge in [0.2, 0.25) is 5.91 Å². The predicted molar refractivity (Wildman–Crippen MR) is 161 cm³/mol. The molecule has 1 heterocycles. The Hall–Kier alpha value is -3.61. The smallest absolute Gasteiger partial charge is 0.394 e. The molecule has 0 aromatic heterocycles. The van der Waals surface area contributed by atoms with E-state index in [2.05, 4.69) is 46.6 Å². The molecule has 0 bridgehead atoms. The number of hydrogen-bond donors (Lipinski definition) is 1. The highest BCUT2D eigenvalue weighted by atomic mass is 19.3. The molecule has 0 unspecified atom stereocenters. The van der Waals surface area contributed by atoms with E-state index < -0.39 is 6.11 Å². The molecule has 2 saturated carbocycles. The molecule has 2 fully saturated rings. The van der Waals surface area contributed by atoms with Crippen LogP contribution in [0.15, 0.2) is 66.7 Å². The van der Waals surface area contributed by atoms with Gasteiger partial charge in [0.15, 0.2) is 0 Å². The van der Waals surface area contributed by atoms with Gasteiger partial charge in [-0.25, -0.2) is 0 Å². The van der Waals surface area contributed by atoms with Crippen molar-refractivity contribution in [3.05, 3.63) is 72.3 Å². The number of hydrogen-bond acceptors (Lipinski definition) is 4. The fourth-order valence-electron chi connectivity index (χ4n) is 6.11. The first-order chi connectivity index (χ1) is 19.6. The molecular formula is C34H39F2N3O2. The van der Waals surface area contributed by atoms with Crippen molar-refractivity contribution in [3.8, 4) is 16.9 Å². The second-order valence-corrected chi connectivity index (χ2v) is 12.2. The highest BCUT2D eigenvalue weighted by molar-refractivity contribution is 5.94. The normalized spacial score (nSPS) is 20.4. The Bertz CT molecular complexity index is 1400. The van der Waals surface area contributed by atoms with Crippen molar-refractivity contribution in [2.75, 3.05) is 28.2 Å². The van der Waals surface area contributed by atoms with Crippen molar-refractivity contribution in [2.45, 2.75) is 71.1 Å². The minimum atomic E-state index is -3.30. The van der Waals surface area contributed by atoms with E-state index in [0.29, 0.717) is 12.1 Å². The summed E-state index contributed by atoms with van der Waals surface area (Å²) in [7, 11) is 0. The van der Waals surface area contributed by atoms with Crippen LogP contribution in [-0.4, -0.2) is 31.1 Å². The number of carbonyl (C=O) groups excluding carboxylic acids is 1. The van der Waals surface area contributed by atoms with Gasteiger partial charge in [-0.05, 0) is 104 Å². The zero-order valence-corrected chi connectivity index (χ0v) is 24.1. The van der Waals surface area contributed by atoms with Gasteiger partial charge >= 0.3 is 6.11 Å². The number of amides is 1. The fourth-order valence-corrected chi connectivity index (χ4v) is 6.11. The number of fused-ring (bicyclic) bond motifs is 1. The van der Waals surface area contributed by atoms with Gasteiger partial charge in [-0.1, -0.05) is 30.3 Å². The van der Waals surface area contributed by atoms with E-state index in [-0.39, 0.29) is 23.7 Å². The van der Waals surface area contributed by atoms with Crippen molar-refractivity contribution in [1.82, 2.24) is 0 Å². The van der Waals surface area contributed by atoms with E-state index in [4.69, 9.17) is 4.74 Å². The summed E-state index contributed by atoms with van der Waals surface area (Å²) in [6, 6.07) is 21.6. The third kappa shape index (κ3) is 6.50. The minimum Gasteiger partial charge on any atom is -0.431 e. The summed E-state index contributed by atoms with van der Waals surface area (Å²) in [4.78, 5) is 17.1. The molecule has 216 valence electrons. The summed E-state index contributed by atoms with van der Waals surface area (Å²) >= 11 is 0. The first kappa shape index (κ1) is 27.6. The second-order valence-electron chi connectivity index (χ2n) is 12.2. The highest BCUT2D eigenvalue weighted by Gasteiger charge is 2.34. The lowest BCUT2D eigenvalue weighted by atomic mass is 9.88. The Balaban J connectivity index is 1.35. The molecule has 6 rings (SSSR count). The molecule has 3 aromatic rings. The van der Waals surface area contributed by atoms with E-state index in [0.717, 1.165) is 54.2 Å². The van der Waals surface area contributed by atoms with Crippen molar-refractivity contribution >= 4 is 23.0 Å². The van der Waals surface area contributed by atoms with Gasteiger partial charge in [-0.2, -0.15) is 8.78 Å². The maximum absolute atomic E-state index is 13.8. The SMILES string of the molecule is CC(=O)N1c2ccc(-c3cccc(N(CC4CC4)CC4CC4)c3)cc2[C@H](Nc2ccccc2OC(C)(F)F)C[C@@H]1C. The minimum absolute atomic E-state index is 0.0166. The Labute approximate surface area is 241 Å². The summed E-state index contributed by atoms with van der Waals surface area (Å²) in [6.07, 6.45) is 2.64. The molecule has 7 heteroatoms. The van der Waals surface area contributed by atoms with Crippen LogP contribution in [0, 0.1) is 11.8 Å². The monoisotopic (exact) mass is 559 g/mol. The number of alkyl halides is 2. The number of halogens is 2. The summed E-state index contributed by atoms with van der Waals surface area (Å²) in [5.74, 6) is 1.70. The predicted octanol–water partition coefficient (Wildman–Crippen LogP) is 8.27. The third-order valence-electron chi connectivity index (χ3n) is 8.42. The molecule has 2 atom stereocenters. The Morgan fingerprint density at radius 1 is 0.976 bits per heavy atom. The van der Waals surface area contributed by atoms with Crippen LogP contribution >= 0.6 is 0 Å². The highest BCUT2D eigenvalue weighted by Crippen LogP contribution is 2.43. The van der Waals surface area contributed by atoms with E-state index in [1.54, 1.807) is 31.2 Å². The van der Waals surface area contributed by atoms with Crippen LogP contribution in [0.2, 0.25) is 0 Å². The number of anilines is 3. The third-order valence-corrected chi connectivity index (χ3v) is 8.42. The molecule has 0 saturated heterocycles. The topological polar surface area (TPSA) is 44.8 Å². The van der Waals surface area contributed by atoms with Gasteiger partial charge in [-0.15, -0.1) is 0 Å². The zero-order valence-electron chi connectivity index (χ0n) is 24.1. The molecule has 3 aliphatic rings. The lowest BCUT2D eigenvalue weighted by molar-refractivity contribution is -0.158. The Kier molecular flexibility index (Phi) is 7.39. The molecular weight excluding hydrogens is 520 g/mol. The van der Waals surface area contributed by atoms with Gasteiger partial charge in [0.05, 0.1) is 11.7 Å². The first-order valence-electron chi connectivity index (χ1n) is 14.9. The van der Waals surface area contributed by atoms with Gasteiger partial charge < -0.3 is 19.9 Å². The first-order valence-corrected chi connectivity index (χ1v) is 14.9. The molecule has 1 aliphatic heterocycles. The fraction of sp³-hybridized carbons (Fsp3) is 0.441. The number of para-hydroxylation sites is 2. The number of nitrogens with zero attached hydrogens (tertiary/aromatic N) is 2. The van der Waals surface area contributed by atoms with Crippen molar-refractivity contribution < 1.29 is 18.3 Å². The summed E-state index contributed by atoms with van der Waals surface area (Å²) in [5, 5.41) is 3.48. The second kappa shape index (κ2) is 11.0. The van der Waals surface area contributed by atoms with Crippen LogP contribution in [0.25, 0.3) is 11.1 Å². The number of carbonyl (C=O) groups is 1. The van der Waals surface area contributed by atoms with Gasteiger partial charge in [0.25, 0.3) is 0 Å². The van der Waals surface area contributed by atoms with Gasteiger partial charge in [0.1, 0.15) is 5.75 Å². The molecule has 5 nitrogen and oxygen atoms in total. The van der Waals surface area contributed by atoms with E-state index in [9.17, 15) is 13.6 Å². The maximum Gasteiger partial charge on any atom is 0.394 e. The lowest BCUT2D eigenvalue weighted by Crippen LogP contribution is -2.43. The van der Waals surface area contributed by atoms with Crippen LogP contribution in [0.3, 0.4) is 0 Å². The van der Waals surface area contributed by atoms with Crippen LogP contribution in [0.1, 0.15) is 64.5 Å².